The van der Waals surface area contributed by atoms with Gasteiger partial charge in [0.25, 0.3) is 0 Å². The van der Waals surface area contributed by atoms with Gasteiger partial charge < -0.3 is 10.5 Å². The monoisotopic (exact) mass is 209 g/mol. The number of carbonyl (C=O) groups excluding carboxylic acids is 1. The molecule has 0 unspecified atom stereocenters. The highest BCUT2D eigenvalue weighted by Crippen LogP contribution is 2.13. The maximum Gasteiger partial charge on any atom is 0.309 e. The Hall–Kier alpha value is -1.51. The van der Waals surface area contributed by atoms with Crippen molar-refractivity contribution in [3.63, 3.8) is 0 Å². The fraction of sp³-hybridized carbons (Fsp3) is 0.417. The molecule has 0 fully saturated rings. The molecule has 84 valence electrons. The Morgan fingerprint density at radius 1 is 1.40 bits per heavy atom. The lowest BCUT2D eigenvalue weighted by atomic mass is 10.1. The van der Waals surface area contributed by atoms with Gasteiger partial charge in [-0.2, -0.15) is 0 Å². The van der Waals surface area contributed by atoms with Gasteiger partial charge in [0.15, 0.2) is 0 Å². The minimum atomic E-state index is -0.232. The van der Waals surface area contributed by atoms with Crippen LogP contribution in [0.5, 0.6) is 0 Å². The average Bonchev–Trinajstić information content (AvgIpc) is 2.26. The number of esters is 1. The zero-order valence-electron chi connectivity index (χ0n) is 9.83. The van der Waals surface area contributed by atoms with E-state index in [4.69, 9.17) is 5.73 Å². The number of carbonyl (C=O) groups is 1. The third-order valence-electron chi connectivity index (χ3n) is 1.91. The van der Waals surface area contributed by atoms with Crippen molar-refractivity contribution >= 4 is 11.7 Å². The number of rotatable bonds is 2. The summed E-state index contributed by atoms with van der Waals surface area (Å²) < 4.78 is 4.55. The molecule has 2 N–H and O–H groups in total. The van der Waals surface area contributed by atoms with Crippen LogP contribution in [0.2, 0.25) is 0 Å². The summed E-state index contributed by atoms with van der Waals surface area (Å²) >= 11 is 0. The molecule has 0 aliphatic carbocycles. The number of anilines is 1. The molecule has 0 bridgehead atoms. The Morgan fingerprint density at radius 2 is 2.00 bits per heavy atom. The number of nitrogen functional groups attached to an aromatic ring is 1. The van der Waals surface area contributed by atoms with Crippen LogP contribution in [0, 0.1) is 6.92 Å². The highest BCUT2D eigenvalue weighted by Gasteiger charge is 2.03. The van der Waals surface area contributed by atoms with Crippen molar-refractivity contribution in [1.29, 1.82) is 0 Å². The number of hydrogen-bond acceptors (Lipinski definition) is 3. The van der Waals surface area contributed by atoms with Crippen molar-refractivity contribution < 1.29 is 9.53 Å². The normalized spacial score (nSPS) is 8.80. The number of methoxy groups -OCH3 is 1. The SMILES string of the molecule is CC.COC(=O)Cc1ccc(N)c(C)c1. The molecule has 0 aliphatic rings. The summed E-state index contributed by atoms with van der Waals surface area (Å²) in [7, 11) is 1.38. The second-order valence-corrected chi connectivity index (χ2v) is 2.94. The van der Waals surface area contributed by atoms with Crippen molar-refractivity contribution in [3.8, 4) is 0 Å². The molecule has 0 heterocycles. The zero-order valence-corrected chi connectivity index (χ0v) is 9.83. The van der Waals surface area contributed by atoms with Crippen LogP contribution in [0.1, 0.15) is 25.0 Å². The van der Waals surface area contributed by atoms with Gasteiger partial charge in [-0.3, -0.25) is 4.79 Å². The first-order valence-corrected chi connectivity index (χ1v) is 5.05. The molecule has 3 heteroatoms. The van der Waals surface area contributed by atoms with Crippen LogP contribution in [0.3, 0.4) is 0 Å². The molecule has 15 heavy (non-hydrogen) atoms. The maximum absolute atomic E-state index is 10.9. The van der Waals surface area contributed by atoms with Gasteiger partial charge in [-0.25, -0.2) is 0 Å². The molecule has 0 amide bonds. The lowest BCUT2D eigenvalue weighted by Gasteiger charge is -2.03. The predicted octanol–water partition coefficient (Wildman–Crippen LogP) is 2.32. The first-order valence-electron chi connectivity index (χ1n) is 5.05. The summed E-state index contributed by atoms with van der Waals surface area (Å²) in [6, 6.07) is 5.53. The van der Waals surface area contributed by atoms with Gasteiger partial charge in [-0.05, 0) is 24.1 Å². The lowest BCUT2D eigenvalue weighted by Crippen LogP contribution is -2.04. The van der Waals surface area contributed by atoms with Crippen LogP contribution >= 0.6 is 0 Å². The number of aryl methyl sites for hydroxylation is 1. The van der Waals surface area contributed by atoms with Gasteiger partial charge in [-0.1, -0.05) is 26.0 Å². The summed E-state index contributed by atoms with van der Waals surface area (Å²) in [6.45, 7) is 5.91. The molecule has 0 atom stereocenters. The standard InChI is InChI=1S/C10H13NO2.C2H6/c1-7-5-8(3-4-9(7)11)6-10(12)13-2;1-2/h3-5H,6,11H2,1-2H3;1-2H3. The Labute approximate surface area is 91.2 Å². The van der Waals surface area contributed by atoms with Crippen molar-refractivity contribution in [2.75, 3.05) is 12.8 Å². The minimum Gasteiger partial charge on any atom is -0.469 e. The molecule has 0 aromatic heterocycles. The Kier molecular flexibility index (Phi) is 6.18. The van der Waals surface area contributed by atoms with Gasteiger partial charge in [0.05, 0.1) is 13.5 Å². The summed E-state index contributed by atoms with van der Waals surface area (Å²) in [5.41, 5.74) is 8.30. The third-order valence-corrected chi connectivity index (χ3v) is 1.91. The van der Waals surface area contributed by atoms with Gasteiger partial charge in [0.2, 0.25) is 0 Å². The Morgan fingerprint density at radius 3 is 2.47 bits per heavy atom. The lowest BCUT2D eigenvalue weighted by molar-refractivity contribution is -0.139. The largest absolute Gasteiger partial charge is 0.469 e. The van der Waals surface area contributed by atoms with Crippen LogP contribution in [0.4, 0.5) is 5.69 Å². The molecule has 0 spiro atoms. The topological polar surface area (TPSA) is 52.3 Å². The van der Waals surface area contributed by atoms with E-state index in [0.29, 0.717) is 6.42 Å². The summed E-state index contributed by atoms with van der Waals surface area (Å²) in [6.07, 6.45) is 0.303. The zero-order chi connectivity index (χ0) is 11.8. The fourth-order valence-electron chi connectivity index (χ4n) is 1.09. The predicted molar refractivity (Wildman–Crippen MR) is 62.7 cm³/mol. The van der Waals surface area contributed by atoms with Gasteiger partial charge >= 0.3 is 5.97 Å². The van der Waals surface area contributed by atoms with E-state index in [-0.39, 0.29) is 5.97 Å². The molecule has 1 rings (SSSR count). The van der Waals surface area contributed by atoms with Crippen LogP contribution < -0.4 is 5.73 Å². The summed E-state index contributed by atoms with van der Waals surface area (Å²) in [5, 5.41) is 0. The first-order chi connectivity index (χ1) is 7.13. The molecule has 3 nitrogen and oxygen atoms in total. The quantitative estimate of drug-likeness (QED) is 0.600. The molecular formula is C12H19NO2. The second kappa shape index (κ2) is 6.87. The second-order valence-electron chi connectivity index (χ2n) is 2.94. The van der Waals surface area contributed by atoms with Crippen molar-refractivity contribution in [3.05, 3.63) is 29.3 Å². The molecule has 1 aromatic carbocycles. The van der Waals surface area contributed by atoms with E-state index in [9.17, 15) is 4.79 Å². The molecule has 1 aromatic rings. The Bertz CT molecular complexity index is 321. The van der Waals surface area contributed by atoms with Gasteiger partial charge in [-0.15, -0.1) is 0 Å². The number of benzene rings is 1. The number of ether oxygens (including phenoxy) is 1. The highest BCUT2D eigenvalue weighted by atomic mass is 16.5. The summed E-state index contributed by atoms with van der Waals surface area (Å²) in [4.78, 5) is 10.9. The smallest absolute Gasteiger partial charge is 0.309 e. The Balaban J connectivity index is 0.000000921. The van der Waals surface area contributed by atoms with Crippen molar-refractivity contribution in [2.24, 2.45) is 0 Å². The average molecular weight is 209 g/mol. The van der Waals surface area contributed by atoms with E-state index in [1.165, 1.54) is 7.11 Å². The molecule has 0 saturated heterocycles. The molecular weight excluding hydrogens is 190 g/mol. The van der Waals surface area contributed by atoms with Crippen LogP contribution in [0.15, 0.2) is 18.2 Å². The van der Waals surface area contributed by atoms with E-state index in [2.05, 4.69) is 4.74 Å². The van der Waals surface area contributed by atoms with Crippen LogP contribution in [-0.2, 0) is 16.0 Å². The van der Waals surface area contributed by atoms with Gasteiger partial charge in [0.1, 0.15) is 0 Å². The van der Waals surface area contributed by atoms with E-state index < -0.39 is 0 Å². The van der Waals surface area contributed by atoms with Crippen molar-refractivity contribution in [1.82, 2.24) is 0 Å². The molecule has 0 radical (unpaired) electrons. The van der Waals surface area contributed by atoms with Crippen LogP contribution in [-0.4, -0.2) is 13.1 Å². The van der Waals surface area contributed by atoms with E-state index >= 15 is 0 Å². The van der Waals surface area contributed by atoms with E-state index in [0.717, 1.165) is 16.8 Å². The number of hydrogen-bond donors (Lipinski definition) is 1. The van der Waals surface area contributed by atoms with Crippen LogP contribution in [0.25, 0.3) is 0 Å². The molecule has 0 saturated carbocycles. The highest BCUT2D eigenvalue weighted by molar-refractivity contribution is 5.72. The van der Waals surface area contributed by atoms with Crippen molar-refractivity contribution in [2.45, 2.75) is 27.2 Å². The summed E-state index contributed by atoms with van der Waals surface area (Å²) in [5.74, 6) is -0.232. The van der Waals surface area contributed by atoms with Gasteiger partial charge in [0, 0.05) is 5.69 Å². The van der Waals surface area contributed by atoms with E-state index in [1.807, 2.05) is 32.9 Å². The minimum absolute atomic E-state index is 0.232. The first kappa shape index (κ1) is 13.5. The maximum atomic E-state index is 10.9. The third kappa shape index (κ3) is 4.49. The van der Waals surface area contributed by atoms with E-state index in [1.54, 1.807) is 6.07 Å². The fourth-order valence-corrected chi connectivity index (χ4v) is 1.09. The number of nitrogens with two attached hydrogens (primary N) is 1. The molecule has 0 aliphatic heterocycles.